The number of nitrogens with one attached hydrogen (secondary N) is 1. The van der Waals surface area contributed by atoms with Crippen LogP contribution in [0.15, 0.2) is 32.8 Å². The van der Waals surface area contributed by atoms with Crippen LogP contribution in [0.2, 0.25) is 0 Å². The van der Waals surface area contributed by atoms with Crippen molar-refractivity contribution in [3.8, 4) is 11.6 Å². The Balaban J connectivity index is 1.69. The van der Waals surface area contributed by atoms with Crippen LogP contribution in [-0.4, -0.2) is 24.7 Å². The molecule has 9 heteroatoms. The van der Waals surface area contributed by atoms with Crippen LogP contribution in [0.25, 0.3) is 21.8 Å². The van der Waals surface area contributed by atoms with Gasteiger partial charge in [0.1, 0.15) is 10.7 Å². The molecular weight excluding hydrogens is 406 g/mol. The van der Waals surface area contributed by atoms with Gasteiger partial charge in [0.05, 0.1) is 16.9 Å². The van der Waals surface area contributed by atoms with Gasteiger partial charge in [0.25, 0.3) is 5.56 Å². The van der Waals surface area contributed by atoms with E-state index in [2.05, 4.69) is 33.6 Å². The van der Waals surface area contributed by atoms with Crippen molar-refractivity contribution in [3.63, 3.8) is 0 Å². The van der Waals surface area contributed by atoms with Crippen molar-refractivity contribution >= 4 is 33.3 Å². The van der Waals surface area contributed by atoms with E-state index in [1.807, 2.05) is 32.9 Å². The lowest BCUT2D eigenvalue weighted by atomic mass is 10.2. The Labute approximate surface area is 176 Å². The third-order valence-corrected chi connectivity index (χ3v) is 6.92. The number of fused-ring (bicyclic) bond motifs is 1. The zero-order valence-electron chi connectivity index (χ0n) is 17.0. The van der Waals surface area contributed by atoms with E-state index in [1.165, 1.54) is 11.8 Å². The van der Waals surface area contributed by atoms with Crippen molar-refractivity contribution in [2.24, 2.45) is 5.92 Å². The molecule has 0 saturated carbocycles. The van der Waals surface area contributed by atoms with Gasteiger partial charge >= 0.3 is 0 Å². The van der Waals surface area contributed by atoms with Crippen molar-refractivity contribution in [1.29, 1.82) is 0 Å². The lowest BCUT2D eigenvalue weighted by Gasteiger charge is -2.14. The number of hydrogen-bond donors (Lipinski definition) is 1. The standard InChI is InChI=1S/C20H23N5O2S2/c1-10(2)9-25-17(14-7-6-8-27-14)23-24-20(25)29-13(5)16-21-18(26)15-11(3)12(4)28-19(15)22-16/h6-8,10,13H,9H2,1-5H3,(H,21,22,26). The number of aryl methyl sites for hydroxylation is 2. The minimum Gasteiger partial charge on any atom is -0.461 e. The second-order valence-electron chi connectivity index (χ2n) is 7.46. The molecule has 0 radical (unpaired) electrons. The summed E-state index contributed by atoms with van der Waals surface area (Å²) in [5.74, 6) is 2.46. The summed E-state index contributed by atoms with van der Waals surface area (Å²) in [7, 11) is 0. The van der Waals surface area contributed by atoms with E-state index < -0.39 is 0 Å². The number of thioether (sulfide) groups is 1. The van der Waals surface area contributed by atoms with Crippen molar-refractivity contribution in [2.75, 3.05) is 0 Å². The molecule has 0 saturated heterocycles. The molecule has 0 aliphatic carbocycles. The fraction of sp³-hybridized carbons (Fsp3) is 0.400. The van der Waals surface area contributed by atoms with E-state index in [-0.39, 0.29) is 10.8 Å². The molecule has 29 heavy (non-hydrogen) atoms. The van der Waals surface area contributed by atoms with Gasteiger partial charge in [0, 0.05) is 11.4 Å². The fourth-order valence-electron chi connectivity index (χ4n) is 3.17. The maximum atomic E-state index is 12.6. The van der Waals surface area contributed by atoms with E-state index in [4.69, 9.17) is 9.40 Å². The minimum atomic E-state index is -0.0885. The first-order valence-electron chi connectivity index (χ1n) is 9.48. The first-order valence-corrected chi connectivity index (χ1v) is 11.2. The molecule has 1 N–H and O–H groups in total. The molecule has 4 rings (SSSR count). The molecule has 7 nitrogen and oxygen atoms in total. The highest BCUT2D eigenvalue weighted by Gasteiger charge is 2.22. The Hall–Kier alpha value is -2.39. The van der Waals surface area contributed by atoms with Gasteiger partial charge in [-0.15, -0.1) is 21.5 Å². The number of rotatable bonds is 6. The normalized spacial score (nSPS) is 12.9. The van der Waals surface area contributed by atoms with E-state index >= 15 is 0 Å². The number of hydrogen-bond acceptors (Lipinski definition) is 7. The van der Waals surface area contributed by atoms with Crippen LogP contribution < -0.4 is 5.56 Å². The zero-order chi connectivity index (χ0) is 20.7. The molecular formula is C20H23N5O2S2. The van der Waals surface area contributed by atoms with E-state index in [0.717, 1.165) is 27.0 Å². The largest absolute Gasteiger partial charge is 0.461 e. The van der Waals surface area contributed by atoms with Gasteiger partial charge in [-0.25, -0.2) is 4.98 Å². The molecule has 1 atom stereocenters. The van der Waals surface area contributed by atoms with Gasteiger partial charge < -0.3 is 9.40 Å². The molecule has 1 unspecified atom stereocenters. The van der Waals surface area contributed by atoms with Gasteiger partial charge in [-0.1, -0.05) is 25.6 Å². The van der Waals surface area contributed by atoms with Crippen LogP contribution in [0, 0.1) is 19.8 Å². The Bertz CT molecular complexity index is 1200. The Kier molecular flexibility index (Phi) is 5.35. The third kappa shape index (κ3) is 3.76. The summed E-state index contributed by atoms with van der Waals surface area (Å²) in [6, 6.07) is 3.72. The quantitative estimate of drug-likeness (QED) is 0.436. The minimum absolute atomic E-state index is 0.0841. The second kappa shape index (κ2) is 7.79. The molecule has 0 amide bonds. The molecule has 0 bridgehead atoms. The molecule has 152 valence electrons. The molecule has 0 spiro atoms. The van der Waals surface area contributed by atoms with Gasteiger partial charge in [-0.05, 0) is 44.4 Å². The second-order valence-corrected chi connectivity index (χ2v) is 9.97. The summed E-state index contributed by atoms with van der Waals surface area (Å²) in [6.45, 7) is 11.1. The fourth-order valence-corrected chi connectivity index (χ4v) is 5.12. The van der Waals surface area contributed by atoms with E-state index in [1.54, 1.807) is 17.6 Å². The van der Waals surface area contributed by atoms with Crippen molar-refractivity contribution in [1.82, 2.24) is 24.7 Å². The Morgan fingerprint density at radius 1 is 1.28 bits per heavy atom. The Morgan fingerprint density at radius 3 is 2.76 bits per heavy atom. The first-order chi connectivity index (χ1) is 13.8. The van der Waals surface area contributed by atoms with Crippen molar-refractivity contribution in [2.45, 2.75) is 51.6 Å². The molecule has 4 aromatic rings. The van der Waals surface area contributed by atoms with Crippen LogP contribution in [0.4, 0.5) is 0 Å². The van der Waals surface area contributed by atoms with Crippen molar-refractivity contribution < 1.29 is 4.42 Å². The van der Waals surface area contributed by atoms with Crippen LogP contribution in [-0.2, 0) is 6.54 Å². The number of H-pyrrole nitrogens is 1. The summed E-state index contributed by atoms with van der Waals surface area (Å²) in [4.78, 5) is 22.2. The lowest BCUT2D eigenvalue weighted by molar-refractivity contribution is 0.489. The van der Waals surface area contributed by atoms with Gasteiger partial charge in [-0.2, -0.15) is 0 Å². The number of aromatic amines is 1. The smallest absolute Gasteiger partial charge is 0.259 e. The SMILES string of the molecule is Cc1sc2nc(C(C)Sc3nnc(-c4ccco4)n3CC(C)C)[nH]c(=O)c2c1C. The highest BCUT2D eigenvalue weighted by molar-refractivity contribution is 7.99. The molecule has 0 aliphatic rings. The van der Waals surface area contributed by atoms with E-state index in [9.17, 15) is 4.79 Å². The van der Waals surface area contributed by atoms with Crippen LogP contribution in [0.3, 0.4) is 0 Å². The lowest BCUT2D eigenvalue weighted by Crippen LogP contribution is -2.13. The number of aromatic nitrogens is 5. The molecule has 0 fully saturated rings. The highest BCUT2D eigenvalue weighted by atomic mass is 32.2. The highest BCUT2D eigenvalue weighted by Crippen LogP contribution is 2.35. The Morgan fingerprint density at radius 2 is 2.07 bits per heavy atom. The van der Waals surface area contributed by atoms with Gasteiger partial charge in [-0.3, -0.25) is 9.36 Å². The summed E-state index contributed by atoms with van der Waals surface area (Å²) >= 11 is 3.09. The van der Waals surface area contributed by atoms with Gasteiger partial charge in [0.2, 0.25) is 0 Å². The van der Waals surface area contributed by atoms with Gasteiger partial charge in [0.15, 0.2) is 16.7 Å². The average molecular weight is 430 g/mol. The predicted octanol–water partition coefficient (Wildman–Crippen LogP) is 4.96. The zero-order valence-corrected chi connectivity index (χ0v) is 18.6. The average Bonchev–Trinajstić information content (AvgIpc) is 3.36. The van der Waals surface area contributed by atoms with E-state index in [0.29, 0.717) is 28.7 Å². The number of thiophene rings is 1. The topological polar surface area (TPSA) is 89.6 Å². The molecule has 4 heterocycles. The molecule has 4 aromatic heterocycles. The molecule has 0 aromatic carbocycles. The molecule has 0 aliphatic heterocycles. The maximum Gasteiger partial charge on any atom is 0.259 e. The summed E-state index contributed by atoms with van der Waals surface area (Å²) in [6.07, 6.45) is 1.63. The monoisotopic (exact) mass is 429 g/mol. The summed E-state index contributed by atoms with van der Waals surface area (Å²) in [5.41, 5.74) is 0.921. The number of furan rings is 1. The third-order valence-electron chi connectivity index (χ3n) is 4.73. The maximum absolute atomic E-state index is 12.6. The predicted molar refractivity (Wildman–Crippen MR) is 117 cm³/mol. The first kappa shape index (κ1) is 19.9. The van der Waals surface area contributed by atoms with Crippen LogP contribution in [0.1, 0.15) is 42.3 Å². The summed E-state index contributed by atoms with van der Waals surface area (Å²) < 4.78 is 7.60. The summed E-state index contributed by atoms with van der Waals surface area (Å²) in [5, 5.41) is 10.1. The van der Waals surface area contributed by atoms with Crippen LogP contribution in [0.5, 0.6) is 0 Å². The van der Waals surface area contributed by atoms with Crippen molar-refractivity contribution in [3.05, 3.63) is 45.0 Å². The number of nitrogens with zero attached hydrogens (tertiary/aromatic N) is 4. The van der Waals surface area contributed by atoms with Crippen LogP contribution >= 0.6 is 23.1 Å².